The lowest BCUT2D eigenvalue weighted by Gasteiger charge is -2.24. The number of amides is 2. The van der Waals surface area contributed by atoms with Crippen LogP contribution in [-0.4, -0.2) is 49.7 Å². The van der Waals surface area contributed by atoms with Gasteiger partial charge in [0.05, 0.1) is 4.90 Å². The molecule has 1 saturated carbocycles. The molecule has 7 nitrogen and oxygen atoms in total. The van der Waals surface area contributed by atoms with E-state index in [0.717, 1.165) is 24.9 Å². The second-order valence-electron chi connectivity index (χ2n) is 7.20. The summed E-state index contributed by atoms with van der Waals surface area (Å²) >= 11 is 0. The molecule has 1 N–H and O–H groups in total. The summed E-state index contributed by atoms with van der Waals surface area (Å²) < 4.78 is 27.3. The summed E-state index contributed by atoms with van der Waals surface area (Å²) in [6.07, 6.45) is 4.54. The molecule has 2 saturated heterocycles. The minimum atomic E-state index is -3.73. The van der Waals surface area contributed by atoms with E-state index >= 15 is 0 Å². The van der Waals surface area contributed by atoms with Gasteiger partial charge in [-0.15, -0.1) is 0 Å². The Morgan fingerprint density at radius 3 is 2.38 bits per heavy atom. The highest BCUT2D eigenvalue weighted by Gasteiger charge is 2.40. The Hall–Kier alpha value is -1.93. The Kier molecular flexibility index (Phi) is 4.48. The third kappa shape index (κ3) is 3.23. The number of anilines is 1. The van der Waals surface area contributed by atoms with Crippen LogP contribution in [0, 0.1) is 0 Å². The molecule has 0 bridgehead atoms. The summed E-state index contributed by atoms with van der Waals surface area (Å²) in [6, 6.07) is 6.00. The van der Waals surface area contributed by atoms with Crippen LogP contribution in [0.2, 0.25) is 0 Å². The number of nitrogens with zero attached hydrogens (tertiary/aromatic N) is 2. The summed E-state index contributed by atoms with van der Waals surface area (Å²) in [6.45, 7) is 1.03. The predicted octanol–water partition coefficient (Wildman–Crippen LogP) is 1.25. The molecule has 26 heavy (non-hydrogen) atoms. The quantitative estimate of drug-likeness (QED) is 0.837. The van der Waals surface area contributed by atoms with E-state index in [1.807, 2.05) is 0 Å². The molecule has 2 aliphatic heterocycles. The minimum absolute atomic E-state index is 0.0666. The van der Waals surface area contributed by atoms with Crippen LogP contribution < -0.4 is 10.2 Å². The maximum Gasteiger partial charge on any atom is 0.243 e. The lowest BCUT2D eigenvalue weighted by molar-refractivity contribution is -0.124. The first-order chi connectivity index (χ1) is 12.5. The van der Waals surface area contributed by atoms with Gasteiger partial charge in [-0.3, -0.25) is 9.59 Å². The van der Waals surface area contributed by atoms with Gasteiger partial charge in [-0.2, -0.15) is 4.31 Å². The van der Waals surface area contributed by atoms with Gasteiger partial charge in [0, 0.05) is 31.2 Å². The van der Waals surface area contributed by atoms with E-state index in [4.69, 9.17) is 0 Å². The zero-order valence-electron chi connectivity index (χ0n) is 14.6. The van der Waals surface area contributed by atoms with Crippen LogP contribution in [0.5, 0.6) is 0 Å². The standard InChI is InChI=1S/C18H23N3O4S/c22-17-4-2-11-20(17)14-7-9-15(10-8-14)26(24,25)21-12-1-3-16(21)18(23)19-13-5-6-13/h7-10,13,16H,1-6,11-12H2,(H,19,23). The Balaban J connectivity index is 1.53. The molecule has 1 aromatic carbocycles. The highest BCUT2D eigenvalue weighted by atomic mass is 32.2. The number of hydrogen-bond donors (Lipinski definition) is 1. The number of benzene rings is 1. The molecule has 0 radical (unpaired) electrons. The smallest absolute Gasteiger partial charge is 0.243 e. The van der Waals surface area contributed by atoms with Gasteiger partial charge in [-0.05, 0) is 56.4 Å². The average Bonchev–Trinajstić information content (AvgIpc) is 3.11. The number of hydrogen-bond acceptors (Lipinski definition) is 4. The largest absolute Gasteiger partial charge is 0.352 e. The molecule has 2 amide bonds. The second kappa shape index (κ2) is 6.66. The van der Waals surface area contributed by atoms with E-state index in [1.165, 1.54) is 16.4 Å². The molecule has 1 unspecified atom stereocenters. The zero-order valence-corrected chi connectivity index (χ0v) is 15.4. The van der Waals surface area contributed by atoms with E-state index in [2.05, 4.69) is 5.32 Å². The van der Waals surface area contributed by atoms with Crippen molar-refractivity contribution < 1.29 is 18.0 Å². The number of carbonyl (C=O) groups excluding carboxylic acids is 2. The summed E-state index contributed by atoms with van der Waals surface area (Å²) in [5, 5.41) is 2.91. The van der Waals surface area contributed by atoms with E-state index < -0.39 is 16.1 Å². The average molecular weight is 377 g/mol. The molecule has 140 valence electrons. The summed E-state index contributed by atoms with van der Waals surface area (Å²) in [5.74, 6) is -0.121. The second-order valence-corrected chi connectivity index (χ2v) is 9.09. The maximum absolute atomic E-state index is 13.0. The van der Waals surface area contributed by atoms with Gasteiger partial charge in [-0.1, -0.05) is 0 Å². The third-order valence-electron chi connectivity index (χ3n) is 5.26. The van der Waals surface area contributed by atoms with Crippen LogP contribution >= 0.6 is 0 Å². The normalized spacial score (nSPS) is 24.2. The Labute approximate surface area is 153 Å². The SMILES string of the molecule is O=C(NC1CC1)C1CCCN1S(=O)(=O)c1ccc(N2CCCC2=O)cc1. The Morgan fingerprint density at radius 1 is 1.04 bits per heavy atom. The number of carbonyl (C=O) groups is 2. The first-order valence-electron chi connectivity index (χ1n) is 9.19. The van der Waals surface area contributed by atoms with Crippen LogP contribution in [0.3, 0.4) is 0 Å². The van der Waals surface area contributed by atoms with Crippen molar-refractivity contribution in [3.8, 4) is 0 Å². The monoisotopic (exact) mass is 377 g/mol. The van der Waals surface area contributed by atoms with Gasteiger partial charge in [0.15, 0.2) is 0 Å². The topological polar surface area (TPSA) is 86.8 Å². The fourth-order valence-corrected chi connectivity index (χ4v) is 5.33. The van der Waals surface area contributed by atoms with Crippen LogP contribution in [0.1, 0.15) is 38.5 Å². The summed E-state index contributed by atoms with van der Waals surface area (Å²) in [7, 11) is -3.73. The van der Waals surface area contributed by atoms with Gasteiger partial charge in [-0.25, -0.2) is 8.42 Å². The molecule has 3 fully saturated rings. The molecular weight excluding hydrogens is 354 g/mol. The molecule has 1 aromatic rings. The van der Waals surface area contributed by atoms with Gasteiger partial charge >= 0.3 is 0 Å². The summed E-state index contributed by atoms with van der Waals surface area (Å²) in [4.78, 5) is 26.1. The van der Waals surface area contributed by atoms with Crippen molar-refractivity contribution in [2.24, 2.45) is 0 Å². The van der Waals surface area contributed by atoms with Gasteiger partial charge < -0.3 is 10.2 Å². The summed E-state index contributed by atoms with van der Waals surface area (Å²) in [5.41, 5.74) is 0.718. The van der Waals surface area contributed by atoms with Crippen molar-refractivity contribution in [3.63, 3.8) is 0 Å². The van der Waals surface area contributed by atoms with Crippen molar-refractivity contribution >= 4 is 27.5 Å². The van der Waals surface area contributed by atoms with Crippen molar-refractivity contribution in [2.75, 3.05) is 18.0 Å². The fraction of sp³-hybridized carbons (Fsp3) is 0.556. The maximum atomic E-state index is 13.0. The lowest BCUT2D eigenvalue weighted by Crippen LogP contribution is -2.46. The molecule has 8 heteroatoms. The van der Waals surface area contributed by atoms with Crippen LogP contribution in [0.15, 0.2) is 29.2 Å². The number of rotatable bonds is 5. The molecule has 0 aromatic heterocycles. The molecule has 4 rings (SSSR count). The highest BCUT2D eigenvalue weighted by Crippen LogP contribution is 2.29. The predicted molar refractivity (Wildman–Crippen MR) is 96.1 cm³/mol. The zero-order chi connectivity index (χ0) is 18.3. The minimum Gasteiger partial charge on any atom is -0.352 e. The van der Waals surface area contributed by atoms with Crippen LogP contribution in [-0.2, 0) is 19.6 Å². The van der Waals surface area contributed by atoms with Gasteiger partial charge in [0.2, 0.25) is 21.8 Å². The molecular formula is C18H23N3O4S. The number of nitrogens with one attached hydrogen (secondary N) is 1. The van der Waals surface area contributed by atoms with E-state index in [0.29, 0.717) is 32.4 Å². The molecule has 1 atom stereocenters. The van der Waals surface area contributed by atoms with Gasteiger partial charge in [0.25, 0.3) is 0 Å². The van der Waals surface area contributed by atoms with Crippen molar-refractivity contribution in [3.05, 3.63) is 24.3 Å². The van der Waals surface area contributed by atoms with Crippen molar-refractivity contribution in [1.29, 1.82) is 0 Å². The highest BCUT2D eigenvalue weighted by molar-refractivity contribution is 7.89. The van der Waals surface area contributed by atoms with Crippen LogP contribution in [0.4, 0.5) is 5.69 Å². The first-order valence-corrected chi connectivity index (χ1v) is 10.6. The third-order valence-corrected chi connectivity index (χ3v) is 7.18. The van der Waals surface area contributed by atoms with E-state index in [1.54, 1.807) is 17.0 Å². The van der Waals surface area contributed by atoms with Gasteiger partial charge in [0.1, 0.15) is 6.04 Å². The van der Waals surface area contributed by atoms with E-state index in [-0.39, 0.29) is 22.8 Å². The Bertz CT molecular complexity index is 817. The molecule has 0 spiro atoms. The fourth-order valence-electron chi connectivity index (χ4n) is 3.67. The molecule has 3 aliphatic rings. The Morgan fingerprint density at radius 2 is 1.77 bits per heavy atom. The van der Waals surface area contributed by atoms with Crippen LogP contribution in [0.25, 0.3) is 0 Å². The lowest BCUT2D eigenvalue weighted by atomic mass is 10.2. The first kappa shape index (κ1) is 17.5. The van der Waals surface area contributed by atoms with E-state index in [9.17, 15) is 18.0 Å². The van der Waals surface area contributed by atoms with Crippen molar-refractivity contribution in [2.45, 2.75) is 55.5 Å². The molecule has 1 aliphatic carbocycles. The van der Waals surface area contributed by atoms with Crippen molar-refractivity contribution in [1.82, 2.24) is 9.62 Å². The molecule has 2 heterocycles. The number of sulfonamides is 1.